The van der Waals surface area contributed by atoms with Crippen LogP contribution < -0.4 is 10.2 Å². The maximum Gasteiger partial charge on any atom is 0.257 e. The zero-order valence-electron chi connectivity index (χ0n) is 14.5. The molecule has 5 heteroatoms. The highest BCUT2D eigenvalue weighted by molar-refractivity contribution is 6.54. The minimum absolute atomic E-state index is 0.264. The van der Waals surface area contributed by atoms with Crippen LogP contribution in [0.15, 0.2) is 78.9 Å². The van der Waals surface area contributed by atoms with Gasteiger partial charge < -0.3 is 10.2 Å². The first-order chi connectivity index (χ1) is 13.1. The molecule has 3 aromatic rings. The van der Waals surface area contributed by atoms with Crippen molar-refractivity contribution in [2.45, 2.75) is 10.8 Å². The van der Waals surface area contributed by atoms with Gasteiger partial charge in [0.05, 0.1) is 11.4 Å². The van der Waals surface area contributed by atoms with Crippen LogP contribution in [-0.2, 0) is 4.79 Å². The largest absolute Gasteiger partial charge is 0.339 e. The Morgan fingerprint density at radius 1 is 0.889 bits per heavy atom. The molecule has 0 aromatic heterocycles. The summed E-state index contributed by atoms with van der Waals surface area (Å²) in [7, 11) is 0. The number of amides is 1. The average Bonchev–Trinajstić information content (AvgIpc) is 3.08. The van der Waals surface area contributed by atoms with E-state index in [1.54, 1.807) is 0 Å². The van der Waals surface area contributed by atoms with Crippen molar-refractivity contribution < 1.29 is 4.79 Å². The van der Waals surface area contributed by atoms with Gasteiger partial charge in [-0.1, -0.05) is 83.9 Å². The molecule has 136 valence electrons. The Morgan fingerprint density at radius 3 is 2.26 bits per heavy atom. The summed E-state index contributed by atoms with van der Waals surface area (Å²) < 4.78 is 0. The molecule has 0 fully saturated rings. The minimum atomic E-state index is -1.11. The Kier molecular flexibility index (Phi) is 5.06. The number of carbonyl (C=O) groups is 1. The third kappa shape index (κ3) is 3.53. The maximum absolute atomic E-state index is 12.0. The molecule has 1 atom stereocenters. The SMILES string of the molecule is O=C(Nc1ccccc1N1CC(c2ccccc2)c2ccccc21)C(Cl)Cl. The molecule has 1 aliphatic heterocycles. The highest BCUT2D eigenvalue weighted by Crippen LogP contribution is 2.45. The van der Waals surface area contributed by atoms with Gasteiger partial charge in [-0.25, -0.2) is 0 Å². The molecular weight excluding hydrogens is 379 g/mol. The van der Waals surface area contributed by atoms with Crippen LogP contribution in [0.25, 0.3) is 0 Å². The molecule has 0 saturated heterocycles. The van der Waals surface area contributed by atoms with Gasteiger partial charge in [0.15, 0.2) is 4.84 Å². The number of anilines is 3. The van der Waals surface area contributed by atoms with E-state index in [0.29, 0.717) is 5.69 Å². The van der Waals surface area contributed by atoms with E-state index in [9.17, 15) is 4.79 Å². The third-order valence-corrected chi connectivity index (χ3v) is 5.22. The Labute approximate surface area is 168 Å². The molecular formula is C22H18Cl2N2O. The molecule has 1 aliphatic rings. The van der Waals surface area contributed by atoms with Crippen molar-refractivity contribution in [3.8, 4) is 0 Å². The molecule has 0 bridgehead atoms. The number of carbonyl (C=O) groups excluding carboxylic acids is 1. The second-order valence-corrected chi connectivity index (χ2v) is 7.54. The number of halogens is 2. The fourth-order valence-corrected chi connectivity index (χ4v) is 3.72. The first-order valence-corrected chi connectivity index (χ1v) is 9.62. The molecule has 0 saturated carbocycles. The van der Waals surface area contributed by atoms with Gasteiger partial charge in [-0.3, -0.25) is 4.79 Å². The van der Waals surface area contributed by atoms with Crippen molar-refractivity contribution >= 4 is 46.2 Å². The Bertz CT molecular complexity index is 959. The van der Waals surface area contributed by atoms with Gasteiger partial charge in [-0.05, 0) is 29.3 Å². The summed E-state index contributed by atoms with van der Waals surface area (Å²) in [5.74, 6) is -0.169. The van der Waals surface area contributed by atoms with Crippen LogP contribution in [-0.4, -0.2) is 17.3 Å². The molecule has 3 nitrogen and oxygen atoms in total. The predicted octanol–water partition coefficient (Wildman–Crippen LogP) is 5.71. The van der Waals surface area contributed by atoms with Gasteiger partial charge >= 0.3 is 0 Å². The lowest BCUT2D eigenvalue weighted by Crippen LogP contribution is -2.22. The summed E-state index contributed by atoms with van der Waals surface area (Å²) in [5, 5.41) is 2.83. The van der Waals surface area contributed by atoms with E-state index in [1.807, 2.05) is 36.4 Å². The van der Waals surface area contributed by atoms with E-state index < -0.39 is 10.7 Å². The lowest BCUT2D eigenvalue weighted by atomic mass is 9.93. The van der Waals surface area contributed by atoms with Gasteiger partial charge in [0.2, 0.25) is 0 Å². The zero-order chi connectivity index (χ0) is 18.8. The average molecular weight is 397 g/mol. The molecule has 3 aromatic carbocycles. The van der Waals surface area contributed by atoms with E-state index in [2.05, 4.69) is 52.7 Å². The number of nitrogens with one attached hydrogen (secondary N) is 1. The molecule has 27 heavy (non-hydrogen) atoms. The summed E-state index contributed by atoms with van der Waals surface area (Å²) in [4.78, 5) is 13.1. The number of hydrogen-bond acceptors (Lipinski definition) is 2. The Balaban J connectivity index is 1.75. The molecule has 1 heterocycles. The van der Waals surface area contributed by atoms with Crippen LogP contribution in [0.1, 0.15) is 17.0 Å². The zero-order valence-corrected chi connectivity index (χ0v) is 16.0. The van der Waals surface area contributed by atoms with E-state index >= 15 is 0 Å². The van der Waals surface area contributed by atoms with Crippen molar-refractivity contribution in [2.75, 3.05) is 16.8 Å². The first kappa shape index (κ1) is 17.9. The van der Waals surface area contributed by atoms with E-state index in [1.165, 1.54) is 11.1 Å². The molecule has 0 aliphatic carbocycles. The Morgan fingerprint density at radius 2 is 1.52 bits per heavy atom. The molecule has 1 unspecified atom stereocenters. The fourth-order valence-electron chi connectivity index (χ4n) is 3.61. The quantitative estimate of drug-likeness (QED) is 0.572. The maximum atomic E-state index is 12.0. The molecule has 0 radical (unpaired) electrons. The normalized spacial score (nSPS) is 15.7. The van der Waals surface area contributed by atoms with E-state index in [0.717, 1.165) is 17.9 Å². The second kappa shape index (κ2) is 7.63. The summed E-state index contributed by atoms with van der Waals surface area (Å²) in [6, 6.07) is 26.6. The number of alkyl halides is 2. The van der Waals surface area contributed by atoms with Crippen LogP contribution in [0, 0.1) is 0 Å². The predicted molar refractivity (Wildman–Crippen MR) is 112 cm³/mol. The van der Waals surface area contributed by atoms with Crippen LogP contribution >= 0.6 is 23.2 Å². The van der Waals surface area contributed by atoms with Gasteiger partial charge in [0, 0.05) is 18.2 Å². The Hall–Kier alpha value is -2.49. The summed E-state index contributed by atoms with van der Waals surface area (Å²) in [6.45, 7) is 0.793. The van der Waals surface area contributed by atoms with Crippen molar-refractivity contribution in [3.63, 3.8) is 0 Å². The number of rotatable bonds is 4. The highest BCUT2D eigenvalue weighted by Gasteiger charge is 2.31. The van der Waals surface area contributed by atoms with Crippen LogP contribution in [0.3, 0.4) is 0 Å². The topological polar surface area (TPSA) is 32.3 Å². The van der Waals surface area contributed by atoms with Crippen LogP contribution in [0.2, 0.25) is 0 Å². The summed E-state index contributed by atoms with van der Waals surface area (Å²) in [6.07, 6.45) is 0. The smallest absolute Gasteiger partial charge is 0.257 e. The van der Waals surface area contributed by atoms with Crippen LogP contribution in [0.4, 0.5) is 17.1 Å². The van der Waals surface area contributed by atoms with Crippen molar-refractivity contribution in [1.29, 1.82) is 0 Å². The van der Waals surface area contributed by atoms with Crippen molar-refractivity contribution in [2.24, 2.45) is 0 Å². The molecule has 1 amide bonds. The monoisotopic (exact) mass is 396 g/mol. The minimum Gasteiger partial charge on any atom is -0.339 e. The number of hydrogen-bond donors (Lipinski definition) is 1. The lowest BCUT2D eigenvalue weighted by Gasteiger charge is -2.23. The lowest BCUT2D eigenvalue weighted by molar-refractivity contribution is -0.114. The van der Waals surface area contributed by atoms with Gasteiger partial charge in [0.1, 0.15) is 0 Å². The first-order valence-electron chi connectivity index (χ1n) is 8.74. The van der Waals surface area contributed by atoms with Crippen molar-refractivity contribution in [1.82, 2.24) is 0 Å². The standard InChI is InChI=1S/C22H18Cl2N2O/c23-21(24)22(27)25-18-11-5-7-13-20(18)26-14-17(15-8-2-1-3-9-15)16-10-4-6-12-19(16)26/h1-13,17,21H,14H2,(H,25,27). The van der Waals surface area contributed by atoms with Crippen molar-refractivity contribution in [3.05, 3.63) is 90.0 Å². The van der Waals surface area contributed by atoms with Gasteiger partial charge in [-0.15, -0.1) is 0 Å². The third-order valence-electron chi connectivity index (χ3n) is 4.82. The molecule has 4 rings (SSSR count). The van der Waals surface area contributed by atoms with E-state index in [4.69, 9.17) is 23.2 Å². The number of fused-ring (bicyclic) bond motifs is 1. The molecule has 1 N–H and O–H groups in total. The number of nitrogens with zero attached hydrogens (tertiary/aromatic N) is 1. The van der Waals surface area contributed by atoms with Gasteiger partial charge in [-0.2, -0.15) is 0 Å². The fraction of sp³-hybridized carbons (Fsp3) is 0.136. The van der Waals surface area contributed by atoms with Gasteiger partial charge in [0.25, 0.3) is 5.91 Å². The number of para-hydroxylation sites is 3. The van der Waals surface area contributed by atoms with E-state index in [-0.39, 0.29) is 5.92 Å². The van der Waals surface area contributed by atoms with Crippen LogP contribution in [0.5, 0.6) is 0 Å². The second-order valence-electron chi connectivity index (χ2n) is 6.44. The molecule has 0 spiro atoms. The highest BCUT2D eigenvalue weighted by atomic mass is 35.5. The summed E-state index contributed by atoms with van der Waals surface area (Å²) >= 11 is 11.4. The number of benzene rings is 3. The summed E-state index contributed by atoms with van der Waals surface area (Å²) in [5.41, 5.74) is 5.30.